The van der Waals surface area contributed by atoms with E-state index in [2.05, 4.69) is 26.0 Å². The van der Waals surface area contributed by atoms with Crippen LogP contribution in [-0.2, 0) is 20.7 Å². The Morgan fingerprint density at radius 3 is 2.50 bits per heavy atom. The molecule has 0 saturated heterocycles. The lowest BCUT2D eigenvalue weighted by Crippen LogP contribution is -2.46. The summed E-state index contributed by atoms with van der Waals surface area (Å²) >= 11 is 3.32. The molecule has 5 nitrogen and oxygen atoms in total. The third kappa shape index (κ3) is 4.85. The maximum Gasteiger partial charge on any atom is 0.246 e. The number of carbonyl (C=O) groups excluding carboxylic acids is 2. The van der Waals surface area contributed by atoms with E-state index in [0.717, 1.165) is 10.0 Å². The van der Waals surface area contributed by atoms with E-state index in [1.807, 2.05) is 24.3 Å². The van der Waals surface area contributed by atoms with Gasteiger partial charge in [-0.15, -0.1) is 0 Å². The Morgan fingerprint density at radius 1 is 1.39 bits per heavy atom. The van der Waals surface area contributed by atoms with E-state index in [0.29, 0.717) is 6.42 Å². The number of methoxy groups -OCH3 is 1. The first-order valence-electron chi connectivity index (χ1n) is 5.35. The number of nitrogens with two attached hydrogens (primary N) is 1. The van der Waals surface area contributed by atoms with Gasteiger partial charge in [0.15, 0.2) is 0 Å². The highest BCUT2D eigenvalue weighted by Crippen LogP contribution is 2.11. The second-order valence-corrected chi connectivity index (χ2v) is 4.70. The Morgan fingerprint density at radius 2 is 2.00 bits per heavy atom. The van der Waals surface area contributed by atoms with Crippen molar-refractivity contribution in [3.8, 4) is 0 Å². The van der Waals surface area contributed by atoms with Crippen LogP contribution >= 0.6 is 15.9 Å². The third-order valence-corrected chi connectivity index (χ3v) is 2.84. The van der Waals surface area contributed by atoms with Crippen LogP contribution in [0.4, 0.5) is 0 Å². The number of amides is 2. The van der Waals surface area contributed by atoms with Crippen molar-refractivity contribution in [1.29, 1.82) is 0 Å². The van der Waals surface area contributed by atoms with E-state index < -0.39 is 11.9 Å². The molecule has 0 radical (unpaired) electrons. The van der Waals surface area contributed by atoms with Gasteiger partial charge in [-0.05, 0) is 17.7 Å². The summed E-state index contributed by atoms with van der Waals surface area (Å²) in [6.07, 6.45) is 0.359. The van der Waals surface area contributed by atoms with Gasteiger partial charge in [0.1, 0.15) is 12.6 Å². The summed E-state index contributed by atoms with van der Waals surface area (Å²) in [6.45, 7) is -0.0931. The van der Waals surface area contributed by atoms with Gasteiger partial charge in [0.25, 0.3) is 0 Å². The molecule has 0 aliphatic heterocycles. The average Bonchev–Trinajstić information content (AvgIpc) is 2.31. The van der Waals surface area contributed by atoms with Crippen molar-refractivity contribution >= 4 is 27.7 Å². The Labute approximate surface area is 114 Å². The van der Waals surface area contributed by atoms with Crippen molar-refractivity contribution in [3.05, 3.63) is 34.3 Å². The topological polar surface area (TPSA) is 81.4 Å². The van der Waals surface area contributed by atoms with Gasteiger partial charge in [-0.3, -0.25) is 9.59 Å². The van der Waals surface area contributed by atoms with Crippen LogP contribution in [0.1, 0.15) is 5.56 Å². The van der Waals surface area contributed by atoms with Gasteiger partial charge < -0.3 is 15.8 Å². The molecule has 1 aromatic carbocycles. The zero-order valence-electron chi connectivity index (χ0n) is 9.98. The molecule has 18 heavy (non-hydrogen) atoms. The van der Waals surface area contributed by atoms with Crippen LogP contribution < -0.4 is 11.1 Å². The predicted octanol–water partition coefficient (Wildman–Crippen LogP) is 0.608. The molecule has 6 heteroatoms. The van der Waals surface area contributed by atoms with Crippen LogP contribution in [-0.4, -0.2) is 31.6 Å². The maximum atomic E-state index is 11.4. The van der Waals surface area contributed by atoms with E-state index in [4.69, 9.17) is 5.73 Å². The number of ether oxygens (including phenoxy) is 1. The monoisotopic (exact) mass is 314 g/mol. The molecule has 0 heterocycles. The third-order valence-electron chi connectivity index (χ3n) is 2.31. The number of rotatable bonds is 6. The van der Waals surface area contributed by atoms with Crippen LogP contribution in [0.25, 0.3) is 0 Å². The lowest BCUT2D eigenvalue weighted by Gasteiger charge is -2.15. The Kier molecular flexibility index (Phi) is 5.80. The second-order valence-electron chi connectivity index (χ2n) is 3.79. The van der Waals surface area contributed by atoms with E-state index in [-0.39, 0.29) is 12.5 Å². The van der Waals surface area contributed by atoms with Crippen LogP contribution in [0.15, 0.2) is 28.7 Å². The van der Waals surface area contributed by atoms with E-state index in [1.54, 1.807) is 0 Å². The number of carbonyl (C=O) groups is 2. The van der Waals surface area contributed by atoms with E-state index >= 15 is 0 Å². The Bertz CT molecular complexity index is 420. The summed E-state index contributed by atoms with van der Waals surface area (Å²) in [5, 5.41) is 2.53. The van der Waals surface area contributed by atoms with Crippen molar-refractivity contribution in [2.24, 2.45) is 5.73 Å². The molecular formula is C12H15BrN2O3. The van der Waals surface area contributed by atoms with Crippen LogP contribution in [0.5, 0.6) is 0 Å². The van der Waals surface area contributed by atoms with Gasteiger partial charge in [0.2, 0.25) is 11.8 Å². The Balaban J connectivity index is 2.65. The van der Waals surface area contributed by atoms with Gasteiger partial charge in [0.05, 0.1) is 0 Å². The van der Waals surface area contributed by atoms with Crippen LogP contribution in [0.2, 0.25) is 0 Å². The fourth-order valence-corrected chi connectivity index (χ4v) is 1.71. The first-order chi connectivity index (χ1) is 8.52. The van der Waals surface area contributed by atoms with Crippen molar-refractivity contribution < 1.29 is 14.3 Å². The fraction of sp³-hybridized carbons (Fsp3) is 0.333. The van der Waals surface area contributed by atoms with Crippen molar-refractivity contribution in [3.63, 3.8) is 0 Å². The molecule has 0 aliphatic rings. The zero-order valence-corrected chi connectivity index (χ0v) is 11.6. The van der Waals surface area contributed by atoms with Crippen LogP contribution in [0, 0.1) is 0 Å². The molecule has 0 bridgehead atoms. The number of hydrogen-bond acceptors (Lipinski definition) is 3. The van der Waals surface area contributed by atoms with Crippen molar-refractivity contribution in [2.75, 3.05) is 13.7 Å². The number of halogens is 1. The molecule has 1 atom stereocenters. The van der Waals surface area contributed by atoms with Gasteiger partial charge in [-0.1, -0.05) is 28.1 Å². The minimum atomic E-state index is -0.728. The highest BCUT2D eigenvalue weighted by atomic mass is 79.9. The number of primary amides is 1. The molecule has 0 aromatic heterocycles. The van der Waals surface area contributed by atoms with Gasteiger partial charge in [0, 0.05) is 18.0 Å². The molecule has 1 rings (SSSR count). The minimum absolute atomic E-state index is 0.0931. The molecule has 98 valence electrons. The number of benzene rings is 1. The molecule has 1 aromatic rings. The largest absolute Gasteiger partial charge is 0.375 e. The zero-order chi connectivity index (χ0) is 13.5. The first kappa shape index (κ1) is 14.7. The highest BCUT2D eigenvalue weighted by molar-refractivity contribution is 9.10. The lowest BCUT2D eigenvalue weighted by molar-refractivity contribution is -0.129. The van der Waals surface area contributed by atoms with Gasteiger partial charge >= 0.3 is 0 Å². The SMILES string of the molecule is COCC(=O)N[C@@H](Cc1ccc(Br)cc1)C(N)=O. The molecule has 0 aliphatic carbocycles. The minimum Gasteiger partial charge on any atom is -0.375 e. The number of nitrogens with one attached hydrogen (secondary N) is 1. The van der Waals surface area contributed by atoms with Gasteiger partial charge in [-0.25, -0.2) is 0 Å². The molecule has 2 amide bonds. The average molecular weight is 315 g/mol. The maximum absolute atomic E-state index is 11.4. The first-order valence-corrected chi connectivity index (χ1v) is 6.14. The molecular weight excluding hydrogens is 300 g/mol. The van der Waals surface area contributed by atoms with Gasteiger partial charge in [-0.2, -0.15) is 0 Å². The van der Waals surface area contributed by atoms with E-state index in [9.17, 15) is 9.59 Å². The molecule has 0 fully saturated rings. The summed E-state index contributed by atoms with van der Waals surface area (Å²) in [4.78, 5) is 22.6. The summed E-state index contributed by atoms with van der Waals surface area (Å²) in [5.74, 6) is -0.930. The lowest BCUT2D eigenvalue weighted by atomic mass is 10.1. The smallest absolute Gasteiger partial charge is 0.246 e. The highest BCUT2D eigenvalue weighted by Gasteiger charge is 2.18. The standard InChI is InChI=1S/C12H15BrN2O3/c1-18-7-11(16)15-10(12(14)17)6-8-2-4-9(13)5-3-8/h2-5,10H,6-7H2,1H3,(H2,14,17)(H,15,16)/t10-/m0/s1. The van der Waals surface area contributed by atoms with Crippen molar-refractivity contribution in [1.82, 2.24) is 5.32 Å². The molecule has 0 unspecified atom stereocenters. The van der Waals surface area contributed by atoms with Crippen molar-refractivity contribution in [2.45, 2.75) is 12.5 Å². The second kappa shape index (κ2) is 7.13. The predicted molar refractivity (Wildman–Crippen MR) is 70.8 cm³/mol. The van der Waals surface area contributed by atoms with Crippen LogP contribution in [0.3, 0.4) is 0 Å². The summed E-state index contributed by atoms with van der Waals surface area (Å²) < 4.78 is 5.63. The normalized spacial score (nSPS) is 11.9. The Hall–Kier alpha value is -1.40. The summed E-state index contributed by atoms with van der Waals surface area (Å²) in [5.41, 5.74) is 6.17. The van der Waals surface area contributed by atoms with E-state index in [1.165, 1.54) is 7.11 Å². The number of hydrogen-bond donors (Lipinski definition) is 2. The molecule has 0 saturated carbocycles. The molecule has 3 N–H and O–H groups in total. The summed E-state index contributed by atoms with van der Waals surface area (Å²) in [6, 6.07) is 6.73. The molecule has 0 spiro atoms. The fourth-order valence-electron chi connectivity index (χ4n) is 1.45. The summed E-state index contributed by atoms with van der Waals surface area (Å²) in [7, 11) is 1.41. The quantitative estimate of drug-likeness (QED) is 0.807.